The maximum atomic E-state index is 11.8. The summed E-state index contributed by atoms with van der Waals surface area (Å²) in [6.07, 6.45) is 0. The van der Waals surface area contributed by atoms with E-state index in [-0.39, 0.29) is 12.5 Å². The molecule has 2 rings (SSSR count). The Morgan fingerprint density at radius 1 is 1.33 bits per heavy atom. The molecule has 7 heteroatoms. The van der Waals surface area contributed by atoms with Crippen molar-refractivity contribution < 1.29 is 14.3 Å². The summed E-state index contributed by atoms with van der Waals surface area (Å²) in [4.78, 5) is 24.0. The average Bonchev–Trinajstić information content (AvgIpc) is 2.79. The van der Waals surface area contributed by atoms with Crippen LogP contribution in [-0.4, -0.2) is 18.4 Å². The van der Waals surface area contributed by atoms with E-state index in [1.165, 1.54) is 11.3 Å². The Hall–Kier alpha value is -2.05. The Morgan fingerprint density at radius 3 is 2.62 bits per heavy atom. The summed E-state index contributed by atoms with van der Waals surface area (Å²) in [5.41, 5.74) is 5.56. The molecule has 2 aromatic rings. The van der Waals surface area contributed by atoms with Gasteiger partial charge in [0.05, 0.1) is 5.56 Å². The summed E-state index contributed by atoms with van der Waals surface area (Å²) in [5, 5.41) is 3.65. The smallest absolute Gasteiger partial charge is 0.262 e. The van der Waals surface area contributed by atoms with Gasteiger partial charge >= 0.3 is 0 Å². The van der Waals surface area contributed by atoms with Crippen molar-refractivity contribution in [1.82, 2.24) is 0 Å². The Kier molecular flexibility index (Phi) is 4.82. The fourth-order valence-corrected chi connectivity index (χ4v) is 2.69. The number of aryl methyl sites for hydroxylation is 1. The van der Waals surface area contributed by atoms with E-state index in [4.69, 9.17) is 22.1 Å². The third kappa shape index (κ3) is 4.21. The second-order valence-electron chi connectivity index (χ2n) is 4.25. The lowest BCUT2D eigenvalue weighted by atomic mass is 10.3. The van der Waals surface area contributed by atoms with Crippen molar-refractivity contribution in [3.05, 3.63) is 45.8 Å². The van der Waals surface area contributed by atoms with Gasteiger partial charge in [0.15, 0.2) is 6.61 Å². The van der Waals surface area contributed by atoms with Crippen molar-refractivity contribution in [2.45, 2.75) is 6.92 Å². The summed E-state index contributed by atoms with van der Waals surface area (Å²) in [5.74, 6) is -0.408. The third-order valence-electron chi connectivity index (χ3n) is 2.56. The molecule has 1 aromatic heterocycles. The van der Waals surface area contributed by atoms with E-state index in [9.17, 15) is 9.59 Å². The topological polar surface area (TPSA) is 81.4 Å². The van der Waals surface area contributed by atoms with Crippen molar-refractivity contribution in [2.75, 3.05) is 11.9 Å². The van der Waals surface area contributed by atoms with Crippen LogP contribution in [0.2, 0.25) is 5.02 Å². The number of hydrogen-bond acceptors (Lipinski definition) is 4. The van der Waals surface area contributed by atoms with Crippen LogP contribution in [0.15, 0.2) is 30.3 Å². The van der Waals surface area contributed by atoms with E-state index in [0.29, 0.717) is 21.3 Å². The molecule has 0 aliphatic heterocycles. The lowest BCUT2D eigenvalue weighted by molar-refractivity contribution is -0.118. The van der Waals surface area contributed by atoms with Gasteiger partial charge in [0, 0.05) is 9.90 Å². The molecule has 0 bridgehead atoms. The molecule has 1 aromatic carbocycles. The van der Waals surface area contributed by atoms with E-state index in [1.807, 2.05) is 6.92 Å². The van der Waals surface area contributed by atoms with Gasteiger partial charge in [-0.25, -0.2) is 0 Å². The molecule has 0 saturated heterocycles. The molecule has 0 spiro atoms. The van der Waals surface area contributed by atoms with Crippen LogP contribution in [0.5, 0.6) is 5.75 Å². The number of nitrogens with two attached hydrogens (primary N) is 1. The van der Waals surface area contributed by atoms with Crippen LogP contribution in [0, 0.1) is 6.92 Å². The van der Waals surface area contributed by atoms with E-state index in [1.54, 1.807) is 30.3 Å². The Bertz CT molecular complexity index is 667. The number of ether oxygens (including phenoxy) is 1. The minimum absolute atomic E-state index is 0.170. The predicted octanol–water partition coefficient (Wildman–Crippen LogP) is 2.83. The van der Waals surface area contributed by atoms with Crippen molar-refractivity contribution in [1.29, 1.82) is 0 Å². The van der Waals surface area contributed by atoms with Gasteiger partial charge in [0.2, 0.25) is 0 Å². The fourth-order valence-electron chi connectivity index (χ4n) is 1.63. The fraction of sp³-hybridized carbons (Fsp3) is 0.143. The molecule has 3 N–H and O–H groups in total. The van der Waals surface area contributed by atoms with Crippen LogP contribution in [0.1, 0.15) is 15.2 Å². The van der Waals surface area contributed by atoms with Gasteiger partial charge < -0.3 is 15.8 Å². The van der Waals surface area contributed by atoms with Crippen molar-refractivity contribution in [3.63, 3.8) is 0 Å². The zero-order valence-corrected chi connectivity index (χ0v) is 12.8. The molecule has 0 atom stereocenters. The van der Waals surface area contributed by atoms with E-state index in [2.05, 4.69) is 5.32 Å². The largest absolute Gasteiger partial charge is 0.484 e. The molecular formula is C14H13ClN2O3S. The van der Waals surface area contributed by atoms with Crippen LogP contribution in [0.3, 0.4) is 0 Å². The first-order chi connectivity index (χ1) is 9.95. The summed E-state index contributed by atoms with van der Waals surface area (Å²) in [7, 11) is 0. The lowest BCUT2D eigenvalue weighted by Crippen LogP contribution is -2.21. The number of benzene rings is 1. The maximum Gasteiger partial charge on any atom is 0.262 e. The number of thiophene rings is 1. The Balaban J connectivity index is 1.96. The Labute approximate surface area is 130 Å². The number of carbonyl (C=O) groups excluding carboxylic acids is 2. The molecular weight excluding hydrogens is 312 g/mol. The van der Waals surface area contributed by atoms with Crippen molar-refractivity contribution in [3.8, 4) is 5.75 Å². The van der Waals surface area contributed by atoms with E-state index < -0.39 is 5.91 Å². The standard InChI is InChI=1S/C14H13ClN2O3S/c1-8-6-11(13(16)19)14(21-8)17-12(18)7-20-10-4-2-9(15)3-5-10/h2-6H,7H2,1H3,(H2,16,19)(H,17,18). The van der Waals surface area contributed by atoms with Crippen LogP contribution >= 0.6 is 22.9 Å². The summed E-state index contributed by atoms with van der Waals surface area (Å²) in [6.45, 7) is 1.66. The zero-order valence-electron chi connectivity index (χ0n) is 11.2. The third-order valence-corrected chi connectivity index (χ3v) is 3.78. The first kappa shape index (κ1) is 15.3. The van der Waals surface area contributed by atoms with Gasteiger partial charge in [0.1, 0.15) is 10.8 Å². The SMILES string of the molecule is Cc1cc(C(N)=O)c(NC(=O)COc2ccc(Cl)cc2)s1. The summed E-state index contributed by atoms with van der Waals surface area (Å²) in [6, 6.07) is 8.31. The monoisotopic (exact) mass is 324 g/mol. The number of amides is 2. The molecule has 0 aliphatic rings. The molecule has 110 valence electrons. The molecule has 0 fully saturated rings. The van der Waals surface area contributed by atoms with Crippen LogP contribution < -0.4 is 15.8 Å². The molecule has 1 heterocycles. The number of anilines is 1. The van der Waals surface area contributed by atoms with E-state index >= 15 is 0 Å². The van der Waals surface area contributed by atoms with Crippen molar-refractivity contribution >= 4 is 39.8 Å². The van der Waals surface area contributed by atoms with Crippen molar-refractivity contribution in [2.24, 2.45) is 5.73 Å². The highest BCUT2D eigenvalue weighted by molar-refractivity contribution is 7.16. The lowest BCUT2D eigenvalue weighted by Gasteiger charge is -2.07. The van der Waals surface area contributed by atoms with Gasteiger partial charge in [-0.05, 0) is 37.3 Å². The highest BCUT2D eigenvalue weighted by Crippen LogP contribution is 2.27. The highest BCUT2D eigenvalue weighted by atomic mass is 35.5. The average molecular weight is 325 g/mol. The van der Waals surface area contributed by atoms with Crippen LogP contribution in [0.25, 0.3) is 0 Å². The number of rotatable bonds is 5. The first-order valence-electron chi connectivity index (χ1n) is 6.04. The highest BCUT2D eigenvalue weighted by Gasteiger charge is 2.14. The van der Waals surface area contributed by atoms with Crippen LogP contribution in [-0.2, 0) is 4.79 Å². The summed E-state index contributed by atoms with van der Waals surface area (Å²) < 4.78 is 5.32. The maximum absolute atomic E-state index is 11.8. The van der Waals surface area contributed by atoms with Gasteiger partial charge in [-0.15, -0.1) is 11.3 Å². The molecule has 0 unspecified atom stereocenters. The zero-order chi connectivity index (χ0) is 15.4. The van der Waals surface area contributed by atoms with Gasteiger partial charge in [-0.3, -0.25) is 9.59 Å². The number of halogens is 1. The van der Waals surface area contributed by atoms with Gasteiger partial charge in [-0.2, -0.15) is 0 Å². The first-order valence-corrected chi connectivity index (χ1v) is 7.23. The number of hydrogen-bond donors (Lipinski definition) is 2. The second-order valence-corrected chi connectivity index (χ2v) is 5.95. The number of nitrogens with one attached hydrogen (secondary N) is 1. The normalized spacial score (nSPS) is 10.2. The molecule has 0 aliphatic carbocycles. The molecule has 0 saturated carbocycles. The second kappa shape index (κ2) is 6.60. The molecule has 0 radical (unpaired) electrons. The van der Waals surface area contributed by atoms with E-state index in [0.717, 1.165) is 4.88 Å². The molecule has 2 amide bonds. The molecule has 5 nitrogen and oxygen atoms in total. The minimum Gasteiger partial charge on any atom is -0.484 e. The van der Waals surface area contributed by atoms with Crippen LogP contribution in [0.4, 0.5) is 5.00 Å². The van der Waals surface area contributed by atoms with Gasteiger partial charge in [0.25, 0.3) is 11.8 Å². The Morgan fingerprint density at radius 2 is 2.00 bits per heavy atom. The number of carbonyl (C=O) groups is 2. The summed E-state index contributed by atoms with van der Waals surface area (Å²) >= 11 is 7.04. The number of primary amides is 1. The quantitative estimate of drug-likeness (QED) is 0.887. The predicted molar refractivity (Wildman–Crippen MR) is 83.2 cm³/mol. The molecule has 21 heavy (non-hydrogen) atoms. The minimum atomic E-state index is -0.576. The van der Waals surface area contributed by atoms with Gasteiger partial charge in [-0.1, -0.05) is 11.6 Å².